The van der Waals surface area contributed by atoms with Crippen molar-refractivity contribution in [3.8, 4) is 16.9 Å². The molecular weight excluding hydrogens is 347 g/mol. The van der Waals surface area contributed by atoms with Crippen LogP contribution in [-0.4, -0.2) is 32.3 Å². The number of aromatic nitrogens is 5. The van der Waals surface area contributed by atoms with Gasteiger partial charge in [-0.15, -0.1) is 0 Å². The molecule has 0 saturated heterocycles. The highest BCUT2D eigenvalue weighted by molar-refractivity contribution is 5.96. The molecule has 1 atom stereocenters. The summed E-state index contributed by atoms with van der Waals surface area (Å²) in [5.41, 5.74) is 2.44. The van der Waals surface area contributed by atoms with E-state index < -0.39 is 0 Å². The van der Waals surface area contributed by atoms with Crippen LogP contribution in [0.2, 0.25) is 0 Å². The molecule has 2 heterocycles. The van der Waals surface area contributed by atoms with E-state index in [1.165, 1.54) is 24.8 Å². The number of methoxy groups -OCH3 is 1. The molecule has 2 aromatic carbocycles. The summed E-state index contributed by atoms with van der Waals surface area (Å²) >= 11 is 0. The molecule has 7 nitrogen and oxygen atoms in total. The average Bonchev–Trinajstić information content (AvgIpc) is 3.23. The lowest BCUT2D eigenvalue weighted by molar-refractivity contribution is 0.419. The number of nitrogens with one attached hydrogen (secondary N) is 2. The highest BCUT2D eigenvalue weighted by atomic mass is 19.1. The van der Waals surface area contributed by atoms with Crippen molar-refractivity contribution in [2.24, 2.45) is 0 Å². The second-order valence-corrected chi connectivity index (χ2v) is 6.04. The van der Waals surface area contributed by atoms with Crippen LogP contribution in [-0.2, 0) is 0 Å². The molecule has 0 bridgehead atoms. The molecular formula is C19H17FN6O. The van der Waals surface area contributed by atoms with Gasteiger partial charge in [0.25, 0.3) is 0 Å². The number of hydrogen-bond acceptors (Lipinski definition) is 6. The molecule has 1 unspecified atom stereocenters. The standard InChI is InChI=1S/C19H17FN6O/c1-11(18-23-10-24-26-18)25-19-15-7-13(12-3-5-14(20)6-4-12)8-16(27-2)17(15)21-9-22-19/h3-11H,1-2H3,(H,21,22,25)(H,23,24,26). The van der Waals surface area contributed by atoms with Gasteiger partial charge in [-0.05, 0) is 42.3 Å². The molecule has 2 N–H and O–H groups in total. The van der Waals surface area contributed by atoms with E-state index in [0.29, 0.717) is 22.9 Å². The first-order chi connectivity index (χ1) is 13.2. The predicted molar refractivity (Wildman–Crippen MR) is 99.9 cm³/mol. The number of benzene rings is 2. The third kappa shape index (κ3) is 3.29. The number of anilines is 1. The van der Waals surface area contributed by atoms with Crippen LogP contribution in [0.5, 0.6) is 5.75 Å². The third-order valence-corrected chi connectivity index (χ3v) is 4.30. The Hall–Kier alpha value is -3.55. The van der Waals surface area contributed by atoms with Crippen molar-refractivity contribution >= 4 is 16.7 Å². The number of halogens is 1. The summed E-state index contributed by atoms with van der Waals surface area (Å²) in [4.78, 5) is 12.9. The maximum absolute atomic E-state index is 13.3. The van der Waals surface area contributed by atoms with E-state index in [2.05, 4.69) is 30.5 Å². The maximum Gasteiger partial charge on any atom is 0.146 e. The summed E-state index contributed by atoms with van der Waals surface area (Å²) in [6, 6.07) is 10.0. The quantitative estimate of drug-likeness (QED) is 0.561. The van der Waals surface area contributed by atoms with Gasteiger partial charge >= 0.3 is 0 Å². The molecule has 2 aromatic heterocycles. The van der Waals surface area contributed by atoms with Gasteiger partial charge in [0.1, 0.15) is 41.4 Å². The number of aromatic amines is 1. The molecule has 0 aliphatic carbocycles. The van der Waals surface area contributed by atoms with Crippen molar-refractivity contribution in [3.63, 3.8) is 0 Å². The molecule has 0 amide bonds. The van der Waals surface area contributed by atoms with Crippen molar-refractivity contribution < 1.29 is 9.13 Å². The lowest BCUT2D eigenvalue weighted by Gasteiger charge is -2.15. The second kappa shape index (κ2) is 6.99. The van der Waals surface area contributed by atoms with E-state index in [1.54, 1.807) is 19.2 Å². The molecule has 0 aliphatic heterocycles. The summed E-state index contributed by atoms with van der Waals surface area (Å²) in [6.45, 7) is 1.95. The van der Waals surface area contributed by atoms with Gasteiger partial charge in [-0.2, -0.15) is 5.10 Å². The minimum atomic E-state index is -0.280. The number of ether oxygens (including phenoxy) is 1. The highest BCUT2D eigenvalue weighted by Gasteiger charge is 2.15. The van der Waals surface area contributed by atoms with Gasteiger partial charge in [-0.25, -0.2) is 19.3 Å². The smallest absolute Gasteiger partial charge is 0.146 e. The molecule has 0 fully saturated rings. The number of fused-ring (bicyclic) bond motifs is 1. The molecule has 4 aromatic rings. The van der Waals surface area contributed by atoms with Crippen LogP contribution in [0.4, 0.5) is 10.2 Å². The summed E-state index contributed by atoms with van der Waals surface area (Å²) < 4.78 is 18.8. The Morgan fingerprint density at radius 2 is 1.85 bits per heavy atom. The fourth-order valence-electron chi connectivity index (χ4n) is 2.91. The number of H-pyrrole nitrogens is 1. The molecule has 0 saturated carbocycles. The van der Waals surface area contributed by atoms with Gasteiger partial charge < -0.3 is 10.1 Å². The van der Waals surface area contributed by atoms with Gasteiger partial charge in [-0.1, -0.05) is 12.1 Å². The Bertz CT molecular complexity index is 1070. The molecule has 136 valence electrons. The first-order valence-electron chi connectivity index (χ1n) is 8.36. The zero-order valence-electron chi connectivity index (χ0n) is 14.8. The fraction of sp³-hybridized carbons (Fsp3) is 0.158. The van der Waals surface area contributed by atoms with Crippen LogP contribution in [0.15, 0.2) is 49.1 Å². The largest absolute Gasteiger partial charge is 0.494 e. The zero-order valence-corrected chi connectivity index (χ0v) is 14.8. The molecule has 27 heavy (non-hydrogen) atoms. The number of nitrogens with zero attached hydrogens (tertiary/aromatic N) is 4. The topological polar surface area (TPSA) is 88.6 Å². The fourth-order valence-corrected chi connectivity index (χ4v) is 2.91. The van der Waals surface area contributed by atoms with E-state index >= 15 is 0 Å². The van der Waals surface area contributed by atoms with Crippen LogP contribution < -0.4 is 10.1 Å². The monoisotopic (exact) mass is 364 g/mol. The van der Waals surface area contributed by atoms with Crippen LogP contribution in [0.3, 0.4) is 0 Å². The third-order valence-electron chi connectivity index (χ3n) is 4.30. The van der Waals surface area contributed by atoms with Crippen LogP contribution in [0.25, 0.3) is 22.0 Å². The maximum atomic E-state index is 13.3. The first kappa shape index (κ1) is 16.9. The second-order valence-electron chi connectivity index (χ2n) is 6.04. The predicted octanol–water partition coefficient (Wildman–Crippen LogP) is 3.74. The highest BCUT2D eigenvalue weighted by Crippen LogP contribution is 2.34. The number of rotatable bonds is 5. The first-order valence-corrected chi connectivity index (χ1v) is 8.36. The van der Waals surface area contributed by atoms with Crippen LogP contribution in [0, 0.1) is 5.82 Å². The Kier molecular flexibility index (Phi) is 4.37. The van der Waals surface area contributed by atoms with E-state index in [1.807, 2.05) is 19.1 Å². The summed E-state index contributed by atoms with van der Waals surface area (Å²) in [5, 5.41) is 10.8. The van der Waals surface area contributed by atoms with Crippen LogP contribution >= 0.6 is 0 Å². The van der Waals surface area contributed by atoms with E-state index in [-0.39, 0.29) is 11.9 Å². The molecule has 8 heteroatoms. The van der Waals surface area contributed by atoms with Gasteiger partial charge in [0, 0.05) is 5.39 Å². The van der Waals surface area contributed by atoms with Gasteiger partial charge in [-0.3, -0.25) is 5.10 Å². The minimum absolute atomic E-state index is 0.133. The van der Waals surface area contributed by atoms with Gasteiger partial charge in [0.15, 0.2) is 0 Å². The van der Waals surface area contributed by atoms with E-state index in [4.69, 9.17) is 4.74 Å². The van der Waals surface area contributed by atoms with Crippen molar-refractivity contribution in [2.45, 2.75) is 13.0 Å². The van der Waals surface area contributed by atoms with E-state index in [0.717, 1.165) is 16.5 Å². The van der Waals surface area contributed by atoms with Crippen LogP contribution in [0.1, 0.15) is 18.8 Å². The molecule has 0 radical (unpaired) electrons. The normalized spacial score (nSPS) is 12.1. The SMILES string of the molecule is COc1cc(-c2ccc(F)cc2)cc2c(NC(C)c3ncn[nH]3)ncnc12. The van der Waals surface area contributed by atoms with Crippen molar-refractivity contribution in [3.05, 3.63) is 60.7 Å². The van der Waals surface area contributed by atoms with E-state index in [9.17, 15) is 4.39 Å². The van der Waals surface area contributed by atoms with Gasteiger partial charge in [0.2, 0.25) is 0 Å². The lowest BCUT2D eigenvalue weighted by atomic mass is 10.0. The van der Waals surface area contributed by atoms with Crippen molar-refractivity contribution in [1.82, 2.24) is 25.1 Å². The molecule has 0 spiro atoms. The minimum Gasteiger partial charge on any atom is -0.494 e. The summed E-state index contributed by atoms with van der Waals surface area (Å²) in [6.07, 6.45) is 2.94. The lowest BCUT2D eigenvalue weighted by Crippen LogP contribution is -2.10. The van der Waals surface area contributed by atoms with Crippen molar-refractivity contribution in [1.29, 1.82) is 0 Å². The Morgan fingerprint density at radius 3 is 2.56 bits per heavy atom. The summed E-state index contributed by atoms with van der Waals surface area (Å²) in [7, 11) is 1.59. The molecule has 4 rings (SSSR count). The molecule has 0 aliphatic rings. The number of hydrogen-bond donors (Lipinski definition) is 2. The van der Waals surface area contributed by atoms with Gasteiger partial charge in [0.05, 0.1) is 13.2 Å². The Labute approximate surface area is 154 Å². The zero-order chi connectivity index (χ0) is 18.8. The Morgan fingerprint density at radius 1 is 1.04 bits per heavy atom. The van der Waals surface area contributed by atoms with Crippen molar-refractivity contribution in [2.75, 3.05) is 12.4 Å². The summed E-state index contributed by atoms with van der Waals surface area (Å²) in [5.74, 6) is 1.68. The average molecular weight is 364 g/mol. The Balaban J connectivity index is 1.82.